The monoisotopic (exact) mass is 349 g/mol. The summed E-state index contributed by atoms with van der Waals surface area (Å²) in [5.74, 6) is -0.967. The Bertz CT molecular complexity index is 544. The van der Waals surface area contributed by atoms with Crippen LogP contribution in [0.25, 0.3) is 0 Å². The van der Waals surface area contributed by atoms with Crippen LogP contribution in [0, 0.1) is 5.92 Å². The Hall–Kier alpha value is -2.37. The molecule has 0 bridgehead atoms. The third kappa shape index (κ3) is 8.88. The van der Waals surface area contributed by atoms with Crippen molar-refractivity contribution in [2.45, 2.75) is 38.5 Å². The molecule has 1 aromatic rings. The van der Waals surface area contributed by atoms with Crippen molar-refractivity contribution < 1.29 is 23.9 Å². The van der Waals surface area contributed by atoms with E-state index in [1.165, 1.54) is 14.2 Å². The van der Waals surface area contributed by atoms with Gasteiger partial charge in [-0.2, -0.15) is 0 Å². The predicted molar refractivity (Wildman–Crippen MR) is 93.8 cm³/mol. The zero-order valence-electron chi connectivity index (χ0n) is 15.0. The van der Waals surface area contributed by atoms with Crippen molar-refractivity contribution in [1.29, 1.82) is 0 Å². The lowest BCUT2D eigenvalue weighted by Crippen LogP contribution is -2.32. The third-order valence-corrected chi connectivity index (χ3v) is 4.00. The first-order valence-electron chi connectivity index (χ1n) is 8.52. The van der Waals surface area contributed by atoms with E-state index in [9.17, 15) is 14.4 Å². The smallest absolute Gasteiger partial charge is 0.305 e. The summed E-state index contributed by atoms with van der Waals surface area (Å²) in [7, 11) is 2.68. The summed E-state index contributed by atoms with van der Waals surface area (Å²) < 4.78 is 9.22. The molecule has 0 spiro atoms. The van der Waals surface area contributed by atoms with Crippen LogP contribution in [0.4, 0.5) is 0 Å². The normalized spacial score (nSPS) is 11.4. The number of rotatable bonds is 11. The predicted octanol–water partition coefficient (Wildman–Crippen LogP) is 2.26. The number of hydrogen-bond acceptors (Lipinski definition) is 5. The van der Waals surface area contributed by atoms with E-state index in [0.717, 1.165) is 12.0 Å². The molecular weight excluding hydrogens is 322 g/mol. The Kier molecular flexibility index (Phi) is 9.97. The second-order valence-electron chi connectivity index (χ2n) is 5.81. The van der Waals surface area contributed by atoms with Gasteiger partial charge in [0, 0.05) is 25.3 Å². The van der Waals surface area contributed by atoms with Crippen LogP contribution in [0.1, 0.15) is 37.7 Å². The molecule has 0 aromatic heterocycles. The highest BCUT2D eigenvalue weighted by Gasteiger charge is 2.19. The third-order valence-electron chi connectivity index (χ3n) is 4.00. The molecule has 1 unspecified atom stereocenters. The van der Waals surface area contributed by atoms with Gasteiger partial charge < -0.3 is 14.8 Å². The number of ether oxygens (including phenoxy) is 2. The van der Waals surface area contributed by atoms with Gasteiger partial charge in [-0.3, -0.25) is 14.4 Å². The average Bonchev–Trinajstić information content (AvgIpc) is 2.65. The minimum atomic E-state index is -0.316. The molecule has 6 nitrogen and oxygen atoms in total. The molecule has 0 radical (unpaired) electrons. The maximum atomic E-state index is 12.4. The van der Waals surface area contributed by atoms with E-state index < -0.39 is 0 Å². The fourth-order valence-electron chi connectivity index (χ4n) is 2.48. The SMILES string of the molecule is COC(=O)CCCNC(=O)C(CCC(=O)OC)CCc1ccccc1. The molecule has 1 atom stereocenters. The number of aryl methyl sites for hydroxylation is 1. The Morgan fingerprint density at radius 2 is 1.60 bits per heavy atom. The molecule has 0 fully saturated rings. The Morgan fingerprint density at radius 1 is 0.960 bits per heavy atom. The Labute approximate surface area is 148 Å². The van der Waals surface area contributed by atoms with Crippen LogP contribution >= 0.6 is 0 Å². The van der Waals surface area contributed by atoms with Crippen LogP contribution < -0.4 is 5.32 Å². The largest absolute Gasteiger partial charge is 0.469 e. The molecule has 0 saturated heterocycles. The van der Waals surface area contributed by atoms with Crippen molar-refractivity contribution in [3.63, 3.8) is 0 Å². The maximum absolute atomic E-state index is 12.4. The molecule has 6 heteroatoms. The quantitative estimate of drug-likeness (QED) is 0.489. The first-order valence-corrected chi connectivity index (χ1v) is 8.52. The van der Waals surface area contributed by atoms with E-state index in [0.29, 0.717) is 25.8 Å². The first kappa shape index (κ1) is 20.7. The number of carbonyl (C=O) groups is 3. The van der Waals surface area contributed by atoms with E-state index in [1.807, 2.05) is 30.3 Å². The van der Waals surface area contributed by atoms with Gasteiger partial charge in [-0.05, 0) is 31.2 Å². The molecule has 138 valence electrons. The van der Waals surface area contributed by atoms with Crippen molar-refractivity contribution in [3.8, 4) is 0 Å². The zero-order chi connectivity index (χ0) is 18.5. The fraction of sp³-hybridized carbons (Fsp3) is 0.526. The summed E-state index contributed by atoms with van der Waals surface area (Å²) in [5, 5.41) is 2.84. The lowest BCUT2D eigenvalue weighted by atomic mass is 9.94. The van der Waals surface area contributed by atoms with Crippen molar-refractivity contribution >= 4 is 17.8 Å². The van der Waals surface area contributed by atoms with Gasteiger partial charge in [0.15, 0.2) is 0 Å². The van der Waals surface area contributed by atoms with Gasteiger partial charge in [-0.1, -0.05) is 30.3 Å². The van der Waals surface area contributed by atoms with Gasteiger partial charge in [0.2, 0.25) is 5.91 Å². The zero-order valence-corrected chi connectivity index (χ0v) is 15.0. The van der Waals surface area contributed by atoms with E-state index in [2.05, 4.69) is 14.8 Å². The van der Waals surface area contributed by atoms with Crippen LogP contribution in [-0.2, 0) is 30.3 Å². The molecule has 0 saturated carbocycles. The molecule has 1 N–H and O–H groups in total. The standard InChI is InChI=1S/C19H27NO5/c1-24-17(21)9-6-14-20-19(23)16(12-13-18(22)25-2)11-10-15-7-4-3-5-8-15/h3-5,7-8,16H,6,9-14H2,1-2H3,(H,20,23). The lowest BCUT2D eigenvalue weighted by molar-refractivity contribution is -0.142. The molecule has 1 amide bonds. The Morgan fingerprint density at radius 3 is 2.24 bits per heavy atom. The van der Waals surface area contributed by atoms with E-state index in [-0.39, 0.29) is 36.6 Å². The average molecular weight is 349 g/mol. The summed E-state index contributed by atoms with van der Waals surface area (Å²) in [4.78, 5) is 34.9. The van der Waals surface area contributed by atoms with Crippen LogP contribution in [0.2, 0.25) is 0 Å². The molecule has 0 aliphatic heterocycles. The highest BCUT2D eigenvalue weighted by Crippen LogP contribution is 2.16. The summed E-state index contributed by atoms with van der Waals surface area (Å²) >= 11 is 0. The molecule has 0 aliphatic rings. The second kappa shape index (κ2) is 12.1. The van der Waals surface area contributed by atoms with Gasteiger partial charge >= 0.3 is 11.9 Å². The number of hydrogen-bond donors (Lipinski definition) is 1. The number of benzene rings is 1. The minimum absolute atomic E-state index is 0.0929. The van der Waals surface area contributed by atoms with E-state index in [4.69, 9.17) is 0 Å². The highest BCUT2D eigenvalue weighted by atomic mass is 16.5. The number of methoxy groups -OCH3 is 2. The number of amides is 1. The summed E-state index contributed by atoms with van der Waals surface area (Å²) in [6.07, 6.45) is 2.88. The molecule has 25 heavy (non-hydrogen) atoms. The molecule has 0 aliphatic carbocycles. The summed E-state index contributed by atoms with van der Waals surface area (Å²) in [5.41, 5.74) is 1.16. The summed E-state index contributed by atoms with van der Waals surface area (Å²) in [6, 6.07) is 9.92. The van der Waals surface area contributed by atoms with Gasteiger partial charge in [0.25, 0.3) is 0 Å². The number of nitrogens with one attached hydrogen (secondary N) is 1. The fourth-order valence-corrected chi connectivity index (χ4v) is 2.48. The molecule has 1 aromatic carbocycles. The maximum Gasteiger partial charge on any atom is 0.305 e. The van der Waals surface area contributed by atoms with Gasteiger partial charge in [0.05, 0.1) is 14.2 Å². The highest BCUT2D eigenvalue weighted by molar-refractivity contribution is 5.79. The van der Waals surface area contributed by atoms with E-state index in [1.54, 1.807) is 0 Å². The molecule has 1 rings (SSSR count). The van der Waals surface area contributed by atoms with Crippen LogP contribution in [0.5, 0.6) is 0 Å². The van der Waals surface area contributed by atoms with E-state index >= 15 is 0 Å². The molecular formula is C19H27NO5. The van der Waals surface area contributed by atoms with Crippen LogP contribution in [-0.4, -0.2) is 38.6 Å². The van der Waals surface area contributed by atoms with Gasteiger partial charge in [0.1, 0.15) is 0 Å². The van der Waals surface area contributed by atoms with Gasteiger partial charge in [-0.25, -0.2) is 0 Å². The van der Waals surface area contributed by atoms with Crippen molar-refractivity contribution in [2.24, 2.45) is 5.92 Å². The topological polar surface area (TPSA) is 81.7 Å². The first-order chi connectivity index (χ1) is 12.1. The van der Waals surface area contributed by atoms with Crippen LogP contribution in [0.3, 0.4) is 0 Å². The lowest BCUT2D eigenvalue weighted by Gasteiger charge is -2.16. The van der Waals surface area contributed by atoms with Crippen molar-refractivity contribution in [1.82, 2.24) is 5.32 Å². The van der Waals surface area contributed by atoms with Crippen molar-refractivity contribution in [2.75, 3.05) is 20.8 Å². The summed E-state index contributed by atoms with van der Waals surface area (Å²) in [6.45, 7) is 0.411. The molecule has 0 heterocycles. The van der Waals surface area contributed by atoms with Gasteiger partial charge in [-0.15, -0.1) is 0 Å². The second-order valence-corrected chi connectivity index (χ2v) is 5.81. The number of esters is 2. The number of carbonyl (C=O) groups excluding carboxylic acids is 3. The minimum Gasteiger partial charge on any atom is -0.469 e. The van der Waals surface area contributed by atoms with Crippen molar-refractivity contribution in [3.05, 3.63) is 35.9 Å². The Balaban J connectivity index is 2.49. The van der Waals surface area contributed by atoms with Crippen LogP contribution in [0.15, 0.2) is 30.3 Å².